The summed E-state index contributed by atoms with van der Waals surface area (Å²) in [6.07, 6.45) is 3.42. The van der Waals surface area contributed by atoms with Crippen LogP contribution in [0.5, 0.6) is 11.5 Å². The maximum absolute atomic E-state index is 5.90. The van der Waals surface area contributed by atoms with Gasteiger partial charge in [0.2, 0.25) is 0 Å². The lowest BCUT2D eigenvalue weighted by molar-refractivity contribution is 0.110. The molecular formula is C22H33IN4O3. The molecule has 0 amide bonds. The summed E-state index contributed by atoms with van der Waals surface area (Å²) in [5.41, 5.74) is 2.19. The van der Waals surface area contributed by atoms with Crippen molar-refractivity contribution in [2.24, 2.45) is 4.99 Å². The second kappa shape index (κ2) is 15.7. The maximum atomic E-state index is 5.90. The zero-order valence-electron chi connectivity index (χ0n) is 18.0. The second-order valence-corrected chi connectivity index (χ2v) is 6.32. The quantitative estimate of drug-likeness (QED) is 0.190. The van der Waals surface area contributed by atoms with Gasteiger partial charge in [0.05, 0.1) is 25.9 Å². The zero-order chi connectivity index (χ0) is 20.7. The standard InChI is InChI=1S/C22H32N4O3.HI/c1-4-24-22(25-11-12-28-20-7-6-10-23-17-20)26-16-19-9-8-18(3)15-21(19)29-14-13-27-5-2;/h6-10,15,17H,4-5,11-14,16H2,1-3H3,(H2,24,25,26);1H. The van der Waals surface area contributed by atoms with Gasteiger partial charge in [-0.15, -0.1) is 24.0 Å². The van der Waals surface area contributed by atoms with Crippen LogP contribution >= 0.6 is 24.0 Å². The maximum Gasteiger partial charge on any atom is 0.191 e. The van der Waals surface area contributed by atoms with Crippen LogP contribution < -0.4 is 20.1 Å². The molecule has 0 saturated heterocycles. The van der Waals surface area contributed by atoms with Gasteiger partial charge in [0.1, 0.15) is 24.7 Å². The Labute approximate surface area is 196 Å². The van der Waals surface area contributed by atoms with Crippen molar-refractivity contribution in [3.8, 4) is 11.5 Å². The third-order valence-corrected chi connectivity index (χ3v) is 3.96. The summed E-state index contributed by atoms with van der Waals surface area (Å²) >= 11 is 0. The van der Waals surface area contributed by atoms with Crippen LogP contribution in [0.25, 0.3) is 0 Å². The van der Waals surface area contributed by atoms with E-state index >= 15 is 0 Å². The van der Waals surface area contributed by atoms with E-state index < -0.39 is 0 Å². The lowest BCUT2D eigenvalue weighted by Crippen LogP contribution is -2.39. The number of aryl methyl sites for hydroxylation is 1. The van der Waals surface area contributed by atoms with Gasteiger partial charge in [-0.05, 0) is 44.5 Å². The first-order chi connectivity index (χ1) is 14.2. The van der Waals surface area contributed by atoms with Crippen molar-refractivity contribution >= 4 is 29.9 Å². The molecule has 1 aromatic heterocycles. The van der Waals surface area contributed by atoms with Crippen LogP contribution in [0.3, 0.4) is 0 Å². The van der Waals surface area contributed by atoms with Crippen LogP contribution in [0.15, 0.2) is 47.7 Å². The Morgan fingerprint density at radius 3 is 2.67 bits per heavy atom. The fourth-order valence-corrected chi connectivity index (χ4v) is 2.56. The molecule has 0 atom stereocenters. The monoisotopic (exact) mass is 528 g/mol. The molecule has 8 heteroatoms. The summed E-state index contributed by atoms with van der Waals surface area (Å²) in [6, 6.07) is 9.91. The highest BCUT2D eigenvalue weighted by molar-refractivity contribution is 14.0. The van der Waals surface area contributed by atoms with Crippen molar-refractivity contribution in [2.45, 2.75) is 27.3 Å². The van der Waals surface area contributed by atoms with Crippen molar-refractivity contribution in [2.75, 3.05) is 39.5 Å². The van der Waals surface area contributed by atoms with E-state index in [0.29, 0.717) is 39.5 Å². The first-order valence-electron chi connectivity index (χ1n) is 10.1. The minimum Gasteiger partial charge on any atom is -0.491 e. The highest BCUT2D eigenvalue weighted by Gasteiger charge is 2.05. The summed E-state index contributed by atoms with van der Waals surface area (Å²) in [6.45, 7) is 10.3. The Morgan fingerprint density at radius 1 is 1.07 bits per heavy atom. The third-order valence-electron chi connectivity index (χ3n) is 3.96. The summed E-state index contributed by atoms with van der Waals surface area (Å²) in [7, 11) is 0. The Hall–Kier alpha value is -2.07. The molecule has 7 nitrogen and oxygen atoms in total. The molecule has 0 spiro atoms. The van der Waals surface area contributed by atoms with Crippen LogP contribution in [-0.2, 0) is 11.3 Å². The first kappa shape index (κ1) is 26.0. The summed E-state index contributed by atoms with van der Waals surface area (Å²) in [4.78, 5) is 8.71. The molecular weight excluding hydrogens is 495 g/mol. The molecule has 30 heavy (non-hydrogen) atoms. The van der Waals surface area contributed by atoms with Crippen LogP contribution in [0.2, 0.25) is 0 Å². The first-order valence-corrected chi connectivity index (χ1v) is 10.1. The van der Waals surface area contributed by atoms with Gasteiger partial charge in [-0.1, -0.05) is 12.1 Å². The van der Waals surface area contributed by atoms with Gasteiger partial charge in [0, 0.05) is 24.9 Å². The van der Waals surface area contributed by atoms with E-state index in [9.17, 15) is 0 Å². The Kier molecular flexibility index (Phi) is 13.6. The predicted molar refractivity (Wildman–Crippen MR) is 131 cm³/mol. The van der Waals surface area contributed by atoms with Gasteiger partial charge in [-0.3, -0.25) is 4.98 Å². The molecule has 0 aliphatic rings. The molecule has 1 aromatic carbocycles. The van der Waals surface area contributed by atoms with E-state index in [1.165, 1.54) is 0 Å². The molecule has 0 bridgehead atoms. The molecule has 2 aromatic rings. The Balaban J connectivity index is 0.00000450. The molecule has 0 radical (unpaired) electrons. The van der Waals surface area contributed by atoms with Gasteiger partial charge >= 0.3 is 0 Å². The molecule has 0 aliphatic carbocycles. The molecule has 2 N–H and O–H groups in total. The lowest BCUT2D eigenvalue weighted by Gasteiger charge is -2.14. The number of aromatic nitrogens is 1. The predicted octanol–water partition coefficient (Wildman–Crippen LogP) is 3.56. The number of rotatable bonds is 12. The Morgan fingerprint density at radius 2 is 1.93 bits per heavy atom. The number of aliphatic imine (C=N–C) groups is 1. The van der Waals surface area contributed by atoms with Gasteiger partial charge in [-0.2, -0.15) is 0 Å². The highest BCUT2D eigenvalue weighted by Crippen LogP contribution is 2.21. The van der Waals surface area contributed by atoms with E-state index in [2.05, 4.69) is 39.7 Å². The van der Waals surface area contributed by atoms with Crippen molar-refractivity contribution < 1.29 is 14.2 Å². The zero-order valence-corrected chi connectivity index (χ0v) is 20.3. The number of benzene rings is 1. The number of nitrogens with one attached hydrogen (secondary N) is 2. The number of nitrogens with zero attached hydrogens (tertiary/aromatic N) is 2. The second-order valence-electron chi connectivity index (χ2n) is 6.32. The van der Waals surface area contributed by atoms with Crippen molar-refractivity contribution in [1.29, 1.82) is 0 Å². The van der Waals surface area contributed by atoms with Crippen LogP contribution in [-0.4, -0.2) is 50.5 Å². The topological polar surface area (TPSA) is 77.0 Å². The number of halogens is 1. The fourth-order valence-electron chi connectivity index (χ4n) is 2.56. The fraction of sp³-hybridized carbons (Fsp3) is 0.455. The molecule has 1 heterocycles. The van der Waals surface area contributed by atoms with E-state index in [1.807, 2.05) is 32.0 Å². The Bertz CT molecular complexity index is 744. The van der Waals surface area contributed by atoms with E-state index in [-0.39, 0.29) is 24.0 Å². The van der Waals surface area contributed by atoms with E-state index in [4.69, 9.17) is 14.2 Å². The van der Waals surface area contributed by atoms with Gasteiger partial charge in [0.15, 0.2) is 5.96 Å². The van der Waals surface area contributed by atoms with Crippen LogP contribution in [0.1, 0.15) is 25.0 Å². The van der Waals surface area contributed by atoms with Crippen molar-refractivity contribution in [1.82, 2.24) is 15.6 Å². The SMILES string of the molecule is CCNC(=NCc1ccc(C)cc1OCCOCC)NCCOc1cccnc1.I. The van der Waals surface area contributed by atoms with Crippen molar-refractivity contribution in [3.63, 3.8) is 0 Å². The largest absolute Gasteiger partial charge is 0.491 e. The molecule has 2 rings (SSSR count). The molecule has 0 unspecified atom stereocenters. The van der Waals surface area contributed by atoms with E-state index in [0.717, 1.165) is 35.1 Å². The molecule has 0 fully saturated rings. The molecule has 0 saturated carbocycles. The van der Waals surface area contributed by atoms with Crippen LogP contribution in [0.4, 0.5) is 0 Å². The third kappa shape index (κ3) is 10.1. The lowest BCUT2D eigenvalue weighted by atomic mass is 10.1. The average molecular weight is 528 g/mol. The minimum atomic E-state index is 0. The molecule has 166 valence electrons. The minimum absolute atomic E-state index is 0. The van der Waals surface area contributed by atoms with Gasteiger partial charge in [-0.25, -0.2) is 4.99 Å². The van der Waals surface area contributed by atoms with Gasteiger partial charge in [0.25, 0.3) is 0 Å². The number of ether oxygens (including phenoxy) is 3. The summed E-state index contributed by atoms with van der Waals surface area (Å²) in [5.74, 6) is 2.34. The smallest absolute Gasteiger partial charge is 0.191 e. The normalized spacial score (nSPS) is 10.8. The number of hydrogen-bond acceptors (Lipinski definition) is 5. The van der Waals surface area contributed by atoms with E-state index in [1.54, 1.807) is 12.4 Å². The number of pyridine rings is 1. The van der Waals surface area contributed by atoms with Crippen molar-refractivity contribution in [3.05, 3.63) is 53.9 Å². The molecule has 0 aliphatic heterocycles. The summed E-state index contributed by atoms with van der Waals surface area (Å²) < 4.78 is 16.9. The number of guanidine groups is 1. The highest BCUT2D eigenvalue weighted by atomic mass is 127. The van der Waals surface area contributed by atoms with Gasteiger partial charge < -0.3 is 24.8 Å². The number of hydrogen-bond donors (Lipinski definition) is 2. The van der Waals surface area contributed by atoms with Crippen LogP contribution in [0, 0.1) is 6.92 Å². The average Bonchev–Trinajstić information content (AvgIpc) is 2.74. The summed E-state index contributed by atoms with van der Waals surface area (Å²) in [5, 5.41) is 6.54.